The van der Waals surface area contributed by atoms with E-state index in [9.17, 15) is 5.26 Å². The molecule has 184 valence electrons. The van der Waals surface area contributed by atoms with Crippen molar-refractivity contribution in [2.24, 2.45) is 0 Å². The molecule has 6 nitrogen and oxygen atoms in total. The lowest BCUT2D eigenvalue weighted by Gasteiger charge is -2.16. The van der Waals surface area contributed by atoms with Crippen LogP contribution in [0.3, 0.4) is 0 Å². The minimum absolute atomic E-state index is 0.665. The van der Waals surface area contributed by atoms with Crippen LogP contribution in [0.2, 0.25) is 0 Å². The second-order valence-corrected chi connectivity index (χ2v) is 9.87. The number of aromatic nitrogens is 4. The zero-order chi connectivity index (χ0) is 25.4. The van der Waals surface area contributed by atoms with Gasteiger partial charge in [0.25, 0.3) is 0 Å². The molecule has 1 aliphatic carbocycles. The third-order valence-corrected chi connectivity index (χ3v) is 7.69. The molecule has 3 heterocycles. The largest absolute Gasteiger partial charge is 0.326 e. The lowest BCUT2D eigenvalue weighted by molar-refractivity contribution is 0.636. The number of hydrogen-bond acceptors (Lipinski definition) is 4. The average Bonchev–Trinajstić information content (AvgIpc) is 3.37. The molecule has 0 fully saturated rings. The molecule has 5 aromatic rings. The highest BCUT2D eigenvalue weighted by molar-refractivity contribution is 5.94. The van der Waals surface area contributed by atoms with Crippen LogP contribution in [0.15, 0.2) is 67.0 Å². The van der Waals surface area contributed by atoms with Gasteiger partial charge < -0.3 is 14.5 Å². The highest BCUT2D eigenvalue weighted by atomic mass is 15.2. The Morgan fingerprint density at radius 1 is 0.865 bits per heavy atom. The van der Waals surface area contributed by atoms with E-state index in [0.29, 0.717) is 12.1 Å². The molecule has 37 heavy (non-hydrogen) atoms. The number of hydrogen-bond donors (Lipinski definition) is 1. The van der Waals surface area contributed by atoms with Crippen molar-refractivity contribution in [1.29, 1.82) is 5.26 Å². The van der Waals surface area contributed by atoms with Gasteiger partial charge in [-0.2, -0.15) is 5.26 Å². The Morgan fingerprint density at radius 3 is 2.19 bits per heavy atom. The number of nitrogens with zero attached hydrogens (tertiary/aromatic N) is 5. The molecule has 3 aromatic heterocycles. The summed E-state index contributed by atoms with van der Waals surface area (Å²) in [6, 6.07) is 23.4. The molecule has 0 atom stereocenters. The van der Waals surface area contributed by atoms with Crippen molar-refractivity contribution in [3.63, 3.8) is 0 Å². The van der Waals surface area contributed by atoms with Gasteiger partial charge in [0.2, 0.25) is 0 Å². The van der Waals surface area contributed by atoms with Gasteiger partial charge >= 0.3 is 0 Å². The smallest absolute Gasteiger partial charge is 0.146 e. The summed E-state index contributed by atoms with van der Waals surface area (Å²) >= 11 is 0. The van der Waals surface area contributed by atoms with Crippen LogP contribution in [0.5, 0.6) is 0 Å². The van der Waals surface area contributed by atoms with E-state index in [1.54, 1.807) is 6.33 Å². The fourth-order valence-corrected chi connectivity index (χ4v) is 5.68. The molecule has 0 saturated carbocycles. The van der Waals surface area contributed by atoms with Crippen molar-refractivity contribution in [3.8, 4) is 6.07 Å². The SMILES string of the molecule is Cc1c(C#N)c(Nc2ncnc3c2c2c(n3Cc3ccccc3)CCCC2)n(Cc2ccccc2)c1C. The molecule has 0 aliphatic heterocycles. The summed E-state index contributed by atoms with van der Waals surface area (Å²) in [5.41, 5.74) is 8.85. The fourth-order valence-electron chi connectivity index (χ4n) is 5.68. The fraction of sp³-hybridized carbons (Fsp3) is 0.258. The minimum atomic E-state index is 0.665. The van der Waals surface area contributed by atoms with Crippen LogP contribution in [-0.4, -0.2) is 19.1 Å². The predicted octanol–water partition coefficient (Wildman–Crippen LogP) is 6.44. The van der Waals surface area contributed by atoms with E-state index < -0.39 is 0 Å². The number of rotatable bonds is 6. The van der Waals surface area contributed by atoms with Crippen molar-refractivity contribution in [1.82, 2.24) is 19.1 Å². The van der Waals surface area contributed by atoms with Crippen molar-refractivity contribution >= 4 is 22.7 Å². The van der Waals surface area contributed by atoms with Gasteiger partial charge in [0.05, 0.1) is 10.9 Å². The van der Waals surface area contributed by atoms with Crippen molar-refractivity contribution in [2.45, 2.75) is 52.6 Å². The Kier molecular flexibility index (Phi) is 5.97. The molecule has 0 bridgehead atoms. The van der Waals surface area contributed by atoms with E-state index in [4.69, 9.17) is 9.97 Å². The lowest BCUT2D eigenvalue weighted by atomic mass is 9.96. The lowest BCUT2D eigenvalue weighted by Crippen LogP contribution is -2.09. The maximum Gasteiger partial charge on any atom is 0.146 e. The normalized spacial score (nSPS) is 12.9. The summed E-state index contributed by atoms with van der Waals surface area (Å²) in [6.07, 6.45) is 6.06. The number of nitrogens with one attached hydrogen (secondary N) is 1. The van der Waals surface area contributed by atoms with Crippen LogP contribution < -0.4 is 5.32 Å². The van der Waals surface area contributed by atoms with Gasteiger partial charge in [0.15, 0.2) is 0 Å². The molecular formula is C31H30N6. The van der Waals surface area contributed by atoms with E-state index in [1.807, 2.05) is 13.0 Å². The van der Waals surface area contributed by atoms with Gasteiger partial charge in [-0.25, -0.2) is 9.97 Å². The number of nitriles is 1. The summed E-state index contributed by atoms with van der Waals surface area (Å²) in [5, 5.41) is 14.8. The van der Waals surface area contributed by atoms with Crippen molar-refractivity contribution < 1.29 is 0 Å². The molecule has 0 saturated heterocycles. The Balaban J connectivity index is 1.49. The van der Waals surface area contributed by atoms with E-state index in [-0.39, 0.29) is 0 Å². The van der Waals surface area contributed by atoms with Crippen LogP contribution in [0.4, 0.5) is 11.6 Å². The molecule has 6 heteroatoms. The predicted molar refractivity (Wildman–Crippen MR) is 147 cm³/mol. The van der Waals surface area contributed by atoms with Crippen molar-refractivity contribution in [3.05, 3.63) is 106 Å². The number of aryl methyl sites for hydroxylation is 1. The molecule has 0 unspecified atom stereocenters. The maximum atomic E-state index is 10.1. The van der Waals surface area contributed by atoms with Crippen LogP contribution in [-0.2, 0) is 25.9 Å². The molecule has 6 rings (SSSR count). The first-order valence-corrected chi connectivity index (χ1v) is 12.9. The summed E-state index contributed by atoms with van der Waals surface area (Å²) < 4.78 is 4.57. The van der Waals surface area contributed by atoms with E-state index in [2.05, 4.69) is 82.0 Å². The monoisotopic (exact) mass is 486 g/mol. The summed E-state index contributed by atoms with van der Waals surface area (Å²) in [5.74, 6) is 1.57. The summed E-state index contributed by atoms with van der Waals surface area (Å²) in [6.45, 7) is 5.57. The number of benzene rings is 2. The van der Waals surface area contributed by atoms with Gasteiger partial charge in [0, 0.05) is 24.5 Å². The van der Waals surface area contributed by atoms with E-state index >= 15 is 0 Å². The van der Waals surface area contributed by atoms with Gasteiger partial charge in [0.1, 0.15) is 29.7 Å². The van der Waals surface area contributed by atoms with E-state index in [0.717, 1.165) is 59.7 Å². The molecular weight excluding hydrogens is 456 g/mol. The quantitative estimate of drug-likeness (QED) is 0.300. The topological polar surface area (TPSA) is 71.5 Å². The van der Waals surface area contributed by atoms with Crippen LogP contribution in [0.25, 0.3) is 11.0 Å². The molecule has 1 aliphatic rings. The van der Waals surface area contributed by atoms with Gasteiger partial charge in [-0.1, -0.05) is 60.7 Å². The first-order valence-electron chi connectivity index (χ1n) is 12.9. The highest BCUT2D eigenvalue weighted by Gasteiger charge is 2.25. The van der Waals surface area contributed by atoms with E-state index in [1.165, 1.54) is 28.8 Å². The molecule has 1 N–H and O–H groups in total. The second-order valence-electron chi connectivity index (χ2n) is 9.87. The molecule has 0 spiro atoms. The van der Waals surface area contributed by atoms with Gasteiger partial charge in [-0.05, 0) is 61.8 Å². The molecule has 2 aromatic carbocycles. The van der Waals surface area contributed by atoms with Gasteiger partial charge in [-0.3, -0.25) is 0 Å². The first-order chi connectivity index (χ1) is 18.2. The minimum Gasteiger partial charge on any atom is -0.326 e. The average molecular weight is 487 g/mol. The Labute approximate surface area is 217 Å². The number of anilines is 2. The van der Waals surface area contributed by atoms with Crippen LogP contribution in [0, 0.1) is 25.2 Å². The zero-order valence-corrected chi connectivity index (χ0v) is 21.3. The second kappa shape index (κ2) is 9.59. The molecule has 0 radical (unpaired) electrons. The van der Waals surface area contributed by atoms with Gasteiger partial charge in [-0.15, -0.1) is 0 Å². The maximum absolute atomic E-state index is 10.1. The Morgan fingerprint density at radius 2 is 1.51 bits per heavy atom. The van der Waals surface area contributed by atoms with Crippen LogP contribution >= 0.6 is 0 Å². The Hall–Kier alpha value is -4.37. The number of fused-ring (bicyclic) bond motifs is 3. The summed E-state index contributed by atoms with van der Waals surface area (Å²) in [7, 11) is 0. The first kappa shape index (κ1) is 23.1. The van der Waals surface area contributed by atoms with Crippen LogP contribution in [0.1, 0.15) is 52.0 Å². The third kappa shape index (κ3) is 4.07. The zero-order valence-electron chi connectivity index (χ0n) is 21.3. The highest BCUT2D eigenvalue weighted by Crippen LogP contribution is 2.37. The Bertz CT molecular complexity index is 1620. The van der Waals surface area contributed by atoms with Crippen molar-refractivity contribution in [2.75, 3.05) is 5.32 Å². The third-order valence-electron chi connectivity index (χ3n) is 7.69. The molecule has 0 amide bonds. The standard InChI is InChI=1S/C31H30N6/c1-21-22(2)36(18-23-11-5-3-6-12-23)30(26(21)17-32)35-29-28-25-15-9-10-16-27(25)37(31(28)34-20-33-29)19-24-13-7-4-8-14-24/h3-8,11-14,20H,9-10,15-16,18-19H2,1-2H3,(H,33,34,35). The summed E-state index contributed by atoms with van der Waals surface area (Å²) in [4.78, 5) is 9.52.